The van der Waals surface area contributed by atoms with Crippen molar-refractivity contribution >= 4 is 5.91 Å². The normalized spacial score (nSPS) is 20.2. The number of pyridine rings is 1. The molecule has 5 nitrogen and oxygen atoms in total. The van der Waals surface area contributed by atoms with Crippen molar-refractivity contribution in [2.24, 2.45) is 0 Å². The van der Waals surface area contributed by atoms with Gasteiger partial charge >= 0.3 is 0 Å². The Bertz CT molecular complexity index is 572. The molecule has 0 bridgehead atoms. The summed E-state index contributed by atoms with van der Waals surface area (Å²) < 4.78 is 5.65. The smallest absolute Gasteiger partial charge is 0.252 e. The molecule has 112 valence electrons. The van der Waals surface area contributed by atoms with E-state index in [0.29, 0.717) is 17.7 Å². The van der Waals surface area contributed by atoms with Gasteiger partial charge in [-0.2, -0.15) is 0 Å². The van der Waals surface area contributed by atoms with Gasteiger partial charge in [-0.25, -0.2) is 0 Å². The predicted octanol–water partition coefficient (Wildman–Crippen LogP) is 1.11. The number of hydrogen-bond donors (Lipinski definition) is 2. The summed E-state index contributed by atoms with van der Waals surface area (Å²) in [6.07, 6.45) is 4.68. The average Bonchev–Trinajstić information content (AvgIpc) is 2.44. The molecule has 1 saturated heterocycles. The molecule has 2 N–H and O–H groups in total. The second-order valence-electron chi connectivity index (χ2n) is 5.65. The maximum atomic E-state index is 12.4. The molecule has 5 heteroatoms. The van der Waals surface area contributed by atoms with Gasteiger partial charge < -0.3 is 15.2 Å². The molecule has 1 aliphatic rings. The maximum absolute atomic E-state index is 12.4. The van der Waals surface area contributed by atoms with Crippen LogP contribution in [0.5, 0.6) is 0 Å². The van der Waals surface area contributed by atoms with Crippen LogP contribution in [-0.2, 0) is 4.74 Å². The standard InChI is InChI=1S/C16H20N2O3/c1-16(2)10-13(6-9-21-16)18-15(20)14-5-7-17-11-12(14)4-3-8-19/h5,7,11,13,19H,6,8-10H2,1-2H3,(H,18,20). The van der Waals surface area contributed by atoms with E-state index in [2.05, 4.69) is 22.1 Å². The number of rotatable bonds is 2. The molecule has 1 aliphatic heterocycles. The van der Waals surface area contributed by atoms with Crippen LogP contribution in [0.15, 0.2) is 18.5 Å². The van der Waals surface area contributed by atoms with Crippen LogP contribution in [-0.4, -0.2) is 40.9 Å². The molecule has 0 radical (unpaired) electrons. The Morgan fingerprint density at radius 2 is 2.43 bits per heavy atom. The Balaban J connectivity index is 2.10. The van der Waals surface area contributed by atoms with Crippen molar-refractivity contribution in [3.63, 3.8) is 0 Å². The Labute approximate surface area is 124 Å². The second-order valence-corrected chi connectivity index (χ2v) is 5.65. The van der Waals surface area contributed by atoms with Crippen LogP contribution in [0.4, 0.5) is 0 Å². The van der Waals surface area contributed by atoms with E-state index < -0.39 is 0 Å². The number of hydrogen-bond acceptors (Lipinski definition) is 4. The van der Waals surface area contributed by atoms with E-state index in [1.807, 2.05) is 13.8 Å². The predicted molar refractivity (Wildman–Crippen MR) is 78.7 cm³/mol. The summed E-state index contributed by atoms with van der Waals surface area (Å²) in [6, 6.07) is 1.73. The van der Waals surface area contributed by atoms with Gasteiger partial charge in [0, 0.05) is 25.0 Å². The number of ether oxygens (including phenoxy) is 1. The summed E-state index contributed by atoms with van der Waals surface area (Å²) in [5, 5.41) is 11.8. The van der Waals surface area contributed by atoms with Crippen molar-refractivity contribution in [2.45, 2.75) is 38.3 Å². The van der Waals surface area contributed by atoms with Gasteiger partial charge in [0.25, 0.3) is 5.91 Å². The number of carbonyl (C=O) groups is 1. The van der Waals surface area contributed by atoms with Gasteiger partial charge in [-0.3, -0.25) is 9.78 Å². The molecule has 0 aliphatic carbocycles. The van der Waals surface area contributed by atoms with Crippen molar-refractivity contribution < 1.29 is 14.6 Å². The van der Waals surface area contributed by atoms with Crippen LogP contribution in [0.25, 0.3) is 0 Å². The Morgan fingerprint density at radius 3 is 3.14 bits per heavy atom. The molecule has 1 amide bonds. The van der Waals surface area contributed by atoms with Gasteiger partial charge in [0.05, 0.1) is 16.7 Å². The zero-order chi connectivity index (χ0) is 15.3. The van der Waals surface area contributed by atoms with Crippen LogP contribution in [0.2, 0.25) is 0 Å². The van der Waals surface area contributed by atoms with Crippen molar-refractivity contribution in [1.29, 1.82) is 0 Å². The van der Waals surface area contributed by atoms with E-state index in [9.17, 15) is 4.79 Å². The fraction of sp³-hybridized carbons (Fsp3) is 0.500. The third kappa shape index (κ3) is 4.28. The summed E-state index contributed by atoms with van der Waals surface area (Å²) in [6.45, 7) is 4.45. The molecule has 1 fully saturated rings. The van der Waals surface area contributed by atoms with Crippen LogP contribution in [0.3, 0.4) is 0 Å². The number of nitrogens with zero attached hydrogens (tertiary/aromatic N) is 1. The largest absolute Gasteiger partial charge is 0.384 e. The topological polar surface area (TPSA) is 71.5 Å². The number of amides is 1. The van der Waals surface area contributed by atoms with Gasteiger partial charge in [-0.15, -0.1) is 0 Å². The van der Waals surface area contributed by atoms with Gasteiger partial charge in [-0.1, -0.05) is 11.8 Å². The third-order valence-electron chi connectivity index (χ3n) is 3.40. The van der Waals surface area contributed by atoms with Crippen molar-refractivity contribution in [3.8, 4) is 11.8 Å². The van der Waals surface area contributed by atoms with Gasteiger partial charge in [0.2, 0.25) is 0 Å². The minimum Gasteiger partial charge on any atom is -0.384 e. The maximum Gasteiger partial charge on any atom is 0.252 e. The molecule has 1 unspecified atom stereocenters. The van der Waals surface area contributed by atoms with Crippen LogP contribution in [0.1, 0.15) is 42.6 Å². The Morgan fingerprint density at radius 1 is 1.62 bits per heavy atom. The van der Waals surface area contributed by atoms with Crippen LogP contribution in [0, 0.1) is 11.8 Å². The molecule has 0 spiro atoms. The third-order valence-corrected chi connectivity index (χ3v) is 3.40. The Kier molecular flexibility index (Phi) is 4.94. The van der Waals surface area contributed by atoms with Gasteiger partial charge in [0.15, 0.2) is 0 Å². The lowest BCUT2D eigenvalue weighted by Gasteiger charge is -2.35. The fourth-order valence-corrected chi connectivity index (χ4v) is 2.45. The molecule has 1 aromatic rings. The van der Waals surface area contributed by atoms with Gasteiger partial charge in [-0.05, 0) is 32.8 Å². The molecule has 1 atom stereocenters. The highest BCUT2D eigenvalue weighted by molar-refractivity contribution is 5.96. The molecule has 21 heavy (non-hydrogen) atoms. The molecule has 1 aromatic heterocycles. The lowest BCUT2D eigenvalue weighted by molar-refractivity contribution is -0.0615. The number of aliphatic hydroxyl groups is 1. The lowest BCUT2D eigenvalue weighted by Crippen LogP contribution is -2.45. The minimum absolute atomic E-state index is 0.0908. The van der Waals surface area contributed by atoms with E-state index in [4.69, 9.17) is 9.84 Å². The van der Waals surface area contributed by atoms with E-state index in [-0.39, 0.29) is 24.2 Å². The monoisotopic (exact) mass is 288 g/mol. The molecular formula is C16H20N2O3. The van der Waals surface area contributed by atoms with E-state index in [1.165, 1.54) is 6.20 Å². The summed E-state index contributed by atoms with van der Waals surface area (Å²) in [5.74, 6) is 5.13. The molecule has 0 saturated carbocycles. The number of aromatic nitrogens is 1. The van der Waals surface area contributed by atoms with E-state index in [1.54, 1.807) is 12.3 Å². The van der Waals surface area contributed by atoms with Crippen molar-refractivity contribution in [1.82, 2.24) is 10.3 Å². The van der Waals surface area contributed by atoms with Gasteiger partial charge in [0.1, 0.15) is 6.61 Å². The zero-order valence-corrected chi connectivity index (χ0v) is 12.3. The summed E-state index contributed by atoms with van der Waals surface area (Å²) in [7, 11) is 0. The summed E-state index contributed by atoms with van der Waals surface area (Å²) in [4.78, 5) is 16.4. The van der Waals surface area contributed by atoms with Crippen molar-refractivity contribution in [2.75, 3.05) is 13.2 Å². The molecule has 2 heterocycles. The number of aliphatic hydroxyl groups excluding tert-OH is 1. The lowest BCUT2D eigenvalue weighted by atomic mass is 9.93. The number of nitrogens with one attached hydrogen (secondary N) is 1. The van der Waals surface area contributed by atoms with E-state index >= 15 is 0 Å². The summed E-state index contributed by atoms with van der Waals surface area (Å²) >= 11 is 0. The minimum atomic E-state index is -0.246. The molecule has 0 aromatic carbocycles. The highest BCUT2D eigenvalue weighted by atomic mass is 16.5. The Hall–Kier alpha value is -1.90. The van der Waals surface area contributed by atoms with E-state index in [0.717, 1.165) is 12.8 Å². The first kappa shape index (κ1) is 15.5. The van der Waals surface area contributed by atoms with Crippen molar-refractivity contribution in [3.05, 3.63) is 29.6 Å². The second kappa shape index (κ2) is 6.70. The number of carbonyl (C=O) groups excluding carboxylic acids is 1. The highest BCUT2D eigenvalue weighted by Gasteiger charge is 2.30. The molecule has 2 rings (SSSR count). The first-order chi connectivity index (χ1) is 10.0. The summed E-state index contributed by atoms with van der Waals surface area (Å²) in [5.41, 5.74) is 0.791. The fourth-order valence-electron chi connectivity index (χ4n) is 2.45. The van der Waals surface area contributed by atoms with Crippen LogP contribution >= 0.6 is 0 Å². The first-order valence-corrected chi connectivity index (χ1v) is 7.00. The first-order valence-electron chi connectivity index (χ1n) is 7.00. The SMILES string of the molecule is CC1(C)CC(NC(=O)c2ccncc2C#CCO)CCO1. The zero-order valence-electron chi connectivity index (χ0n) is 12.3. The molecular weight excluding hydrogens is 268 g/mol. The average molecular weight is 288 g/mol. The highest BCUT2D eigenvalue weighted by Crippen LogP contribution is 2.24. The van der Waals surface area contributed by atoms with Crippen LogP contribution < -0.4 is 5.32 Å². The quantitative estimate of drug-likeness (QED) is 0.800.